The lowest BCUT2D eigenvalue weighted by Crippen LogP contribution is -2.30. The van der Waals surface area contributed by atoms with E-state index in [-0.39, 0.29) is 6.79 Å². The van der Waals surface area contributed by atoms with Gasteiger partial charge < -0.3 is 19.9 Å². The summed E-state index contributed by atoms with van der Waals surface area (Å²) in [5.74, 6) is 1.47. The van der Waals surface area contributed by atoms with E-state index in [1.807, 2.05) is 18.2 Å². The molecule has 1 aromatic carbocycles. The van der Waals surface area contributed by atoms with Crippen molar-refractivity contribution in [2.75, 3.05) is 13.3 Å². The fourth-order valence-corrected chi connectivity index (χ4v) is 2.16. The number of nitrogens with one attached hydrogen (secondary N) is 1. The quantitative estimate of drug-likeness (QED) is 0.795. The number of hydrogen-bond donors (Lipinski definition) is 2. The number of fused-ring (bicyclic) bond motifs is 1. The lowest BCUT2D eigenvalue weighted by atomic mass is 10.1. The highest BCUT2D eigenvalue weighted by atomic mass is 16.7. The molecule has 2 unspecified atom stereocenters. The lowest BCUT2D eigenvalue weighted by molar-refractivity contribution is 0.167. The molecule has 2 rings (SSSR count). The van der Waals surface area contributed by atoms with Gasteiger partial charge in [-0.2, -0.15) is 0 Å². The average Bonchev–Trinajstić information content (AvgIpc) is 2.89. The maximum absolute atomic E-state index is 10.2. The molecule has 0 radical (unpaired) electrons. The van der Waals surface area contributed by atoms with Crippen molar-refractivity contribution >= 4 is 0 Å². The Labute approximate surface area is 114 Å². The van der Waals surface area contributed by atoms with Crippen molar-refractivity contribution in [3.8, 4) is 11.5 Å². The number of benzene rings is 1. The smallest absolute Gasteiger partial charge is 0.231 e. The van der Waals surface area contributed by atoms with Crippen molar-refractivity contribution in [2.24, 2.45) is 0 Å². The summed E-state index contributed by atoms with van der Waals surface area (Å²) in [7, 11) is 0. The highest BCUT2D eigenvalue weighted by Gasteiger charge is 2.16. The molecule has 0 saturated carbocycles. The molecule has 19 heavy (non-hydrogen) atoms. The molecule has 4 nitrogen and oxygen atoms in total. The Morgan fingerprint density at radius 1 is 1.32 bits per heavy atom. The van der Waals surface area contributed by atoms with Crippen molar-refractivity contribution in [1.29, 1.82) is 0 Å². The first-order chi connectivity index (χ1) is 9.20. The Balaban J connectivity index is 1.84. The predicted octanol–water partition coefficient (Wildman–Crippen LogP) is 2.62. The van der Waals surface area contributed by atoms with Gasteiger partial charge in [-0.15, -0.1) is 0 Å². The number of aliphatic hydroxyl groups is 1. The maximum Gasteiger partial charge on any atom is 0.231 e. The van der Waals surface area contributed by atoms with E-state index in [0.29, 0.717) is 12.6 Å². The molecule has 0 aliphatic carbocycles. The SMILES string of the molecule is CCCCC(C)NCC(O)c1ccc2c(c1)OCO2. The van der Waals surface area contributed by atoms with Crippen molar-refractivity contribution in [2.45, 2.75) is 45.3 Å². The van der Waals surface area contributed by atoms with Crippen LogP contribution in [-0.4, -0.2) is 24.5 Å². The van der Waals surface area contributed by atoms with Crippen molar-refractivity contribution in [3.63, 3.8) is 0 Å². The van der Waals surface area contributed by atoms with E-state index in [9.17, 15) is 5.11 Å². The van der Waals surface area contributed by atoms with Crippen LogP contribution in [0.1, 0.15) is 44.8 Å². The first-order valence-corrected chi connectivity index (χ1v) is 7.01. The summed E-state index contributed by atoms with van der Waals surface area (Å²) in [6, 6.07) is 6.02. The van der Waals surface area contributed by atoms with Gasteiger partial charge in [-0.1, -0.05) is 25.8 Å². The van der Waals surface area contributed by atoms with Crippen LogP contribution in [0, 0.1) is 0 Å². The molecule has 2 N–H and O–H groups in total. The molecule has 0 spiro atoms. The Kier molecular flexibility index (Phi) is 5.05. The fourth-order valence-electron chi connectivity index (χ4n) is 2.16. The second kappa shape index (κ2) is 6.78. The third kappa shape index (κ3) is 3.85. The van der Waals surface area contributed by atoms with E-state index in [1.54, 1.807) is 0 Å². The molecule has 0 amide bonds. The fraction of sp³-hybridized carbons (Fsp3) is 0.600. The van der Waals surface area contributed by atoms with E-state index in [1.165, 1.54) is 12.8 Å². The molecule has 1 aliphatic rings. The Morgan fingerprint density at radius 2 is 2.11 bits per heavy atom. The van der Waals surface area contributed by atoms with Crippen LogP contribution in [0.15, 0.2) is 18.2 Å². The molecule has 0 aromatic heterocycles. The Morgan fingerprint density at radius 3 is 2.89 bits per heavy atom. The van der Waals surface area contributed by atoms with E-state index in [0.717, 1.165) is 23.5 Å². The molecule has 4 heteroatoms. The van der Waals surface area contributed by atoms with Gasteiger partial charge in [0, 0.05) is 12.6 Å². The normalized spacial score (nSPS) is 16.4. The predicted molar refractivity (Wildman–Crippen MR) is 74.5 cm³/mol. The van der Waals surface area contributed by atoms with Gasteiger partial charge in [-0.05, 0) is 31.0 Å². The summed E-state index contributed by atoms with van der Waals surface area (Å²) in [4.78, 5) is 0. The van der Waals surface area contributed by atoms with Crippen LogP contribution in [-0.2, 0) is 0 Å². The Bertz CT molecular complexity index is 408. The zero-order chi connectivity index (χ0) is 13.7. The Hall–Kier alpha value is -1.26. The van der Waals surface area contributed by atoms with Gasteiger partial charge in [0.2, 0.25) is 6.79 Å². The summed E-state index contributed by atoms with van der Waals surface area (Å²) < 4.78 is 10.6. The van der Waals surface area contributed by atoms with Crippen molar-refractivity contribution in [3.05, 3.63) is 23.8 Å². The summed E-state index contributed by atoms with van der Waals surface area (Å²) in [5.41, 5.74) is 0.861. The molecule has 1 heterocycles. The van der Waals surface area contributed by atoms with Crippen LogP contribution in [0.2, 0.25) is 0 Å². The highest BCUT2D eigenvalue weighted by molar-refractivity contribution is 5.45. The number of hydrogen-bond acceptors (Lipinski definition) is 4. The summed E-state index contributed by atoms with van der Waals surface area (Å²) in [5, 5.41) is 13.5. The monoisotopic (exact) mass is 265 g/mol. The van der Waals surface area contributed by atoms with Gasteiger partial charge in [0.15, 0.2) is 11.5 Å². The summed E-state index contributed by atoms with van der Waals surface area (Å²) >= 11 is 0. The van der Waals surface area contributed by atoms with Gasteiger partial charge in [0.05, 0.1) is 6.10 Å². The van der Waals surface area contributed by atoms with E-state index >= 15 is 0 Å². The van der Waals surface area contributed by atoms with Crippen LogP contribution in [0.4, 0.5) is 0 Å². The number of unbranched alkanes of at least 4 members (excludes halogenated alkanes) is 1. The number of aliphatic hydroxyl groups excluding tert-OH is 1. The lowest BCUT2D eigenvalue weighted by Gasteiger charge is -2.17. The molecule has 0 fully saturated rings. The minimum atomic E-state index is -0.515. The third-order valence-electron chi connectivity index (χ3n) is 3.43. The topological polar surface area (TPSA) is 50.7 Å². The highest BCUT2D eigenvalue weighted by Crippen LogP contribution is 2.34. The van der Waals surface area contributed by atoms with Gasteiger partial charge >= 0.3 is 0 Å². The van der Waals surface area contributed by atoms with Crippen LogP contribution in [0.25, 0.3) is 0 Å². The van der Waals surface area contributed by atoms with Crippen LogP contribution in [0.5, 0.6) is 11.5 Å². The van der Waals surface area contributed by atoms with Crippen molar-refractivity contribution < 1.29 is 14.6 Å². The molecule has 1 aliphatic heterocycles. The third-order valence-corrected chi connectivity index (χ3v) is 3.43. The molecule has 2 atom stereocenters. The molecule has 106 valence electrons. The zero-order valence-corrected chi connectivity index (χ0v) is 11.7. The average molecular weight is 265 g/mol. The second-order valence-corrected chi connectivity index (χ2v) is 5.08. The molecular formula is C15H23NO3. The minimum absolute atomic E-state index is 0.265. The van der Waals surface area contributed by atoms with E-state index in [2.05, 4.69) is 19.2 Å². The maximum atomic E-state index is 10.2. The molecule has 0 bridgehead atoms. The zero-order valence-electron chi connectivity index (χ0n) is 11.7. The standard InChI is InChI=1S/C15H23NO3/c1-3-4-5-11(2)16-9-13(17)12-6-7-14-15(8-12)19-10-18-14/h6-8,11,13,16-17H,3-5,9-10H2,1-2H3. The second-order valence-electron chi connectivity index (χ2n) is 5.08. The van der Waals surface area contributed by atoms with Crippen molar-refractivity contribution in [1.82, 2.24) is 5.32 Å². The first-order valence-electron chi connectivity index (χ1n) is 7.01. The van der Waals surface area contributed by atoms with Gasteiger partial charge in [-0.25, -0.2) is 0 Å². The molecular weight excluding hydrogens is 242 g/mol. The largest absolute Gasteiger partial charge is 0.454 e. The van der Waals surface area contributed by atoms with Gasteiger partial charge in [0.25, 0.3) is 0 Å². The van der Waals surface area contributed by atoms with Gasteiger partial charge in [-0.3, -0.25) is 0 Å². The summed E-state index contributed by atoms with van der Waals surface area (Å²) in [6.07, 6.45) is 3.05. The summed E-state index contributed by atoms with van der Waals surface area (Å²) in [6.45, 7) is 5.17. The first kappa shape index (κ1) is 14.2. The minimum Gasteiger partial charge on any atom is -0.454 e. The van der Waals surface area contributed by atoms with Crippen LogP contribution in [0.3, 0.4) is 0 Å². The van der Waals surface area contributed by atoms with E-state index < -0.39 is 6.10 Å². The van der Waals surface area contributed by atoms with Gasteiger partial charge in [0.1, 0.15) is 0 Å². The van der Waals surface area contributed by atoms with E-state index in [4.69, 9.17) is 9.47 Å². The molecule has 1 aromatic rings. The van der Waals surface area contributed by atoms with Crippen LogP contribution >= 0.6 is 0 Å². The number of rotatable bonds is 7. The van der Waals surface area contributed by atoms with Crippen LogP contribution < -0.4 is 14.8 Å². The molecule has 0 saturated heterocycles. The number of ether oxygens (including phenoxy) is 2.